The van der Waals surface area contributed by atoms with E-state index in [9.17, 15) is 9.59 Å². The molecule has 1 heterocycles. The van der Waals surface area contributed by atoms with Gasteiger partial charge in [-0.05, 0) is 32.1 Å². The molecule has 0 radical (unpaired) electrons. The van der Waals surface area contributed by atoms with Gasteiger partial charge in [-0.1, -0.05) is 70.4 Å². The Morgan fingerprint density at radius 2 is 1.54 bits per heavy atom. The molecule has 4 heteroatoms. The molecule has 0 aromatic heterocycles. The van der Waals surface area contributed by atoms with Crippen LogP contribution in [0.5, 0.6) is 0 Å². The largest absolute Gasteiger partial charge is 0.464 e. The molecule has 26 heavy (non-hydrogen) atoms. The summed E-state index contributed by atoms with van der Waals surface area (Å²) in [6, 6.07) is -0.411. The maximum absolute atomic E-state index is 11.8. The highest BCUT2D eigenvalue weighted by atomic mass is 16.5. The summed E-state index contributed by atoms with van der Waals surface area (Å²) < 4.78 is 4.84. The molecule has 1 fully saturated rings. The number of unbranched alkanes of at least 4 members (excludes halogenated alkanes) is 11. The SMILES string of the molecule is CCCCCCCCC=CCCCCCCCC(=O)NC1CCOC1=O. The zero-order valence-electron chi connectivity index (χ0n) is 16.8. The summed E-state index contributed by atoms with van der Waals surface area (Å²) in [7, 11) is 0. The van der Waals surface area contributed by atoms with Gasteiger partial charge in [0, 0.05) is 12.8 Å². The zero-order valence-corrected chi connectivity index (χ0v) is 16.8. The minimum Gasteiger partial charge on any atom is -0.464 e. The van der Waals surface area contributed by atoms with E-state index in [0.717, 1.165) is 12.8 Å². The van der Waals surface area contributed by atoms with E-state index in [1.54, 1.807) is 0 Å². The fourth-order valence-corrected chi connectivity index (χ4v) is 3.25. The Labute approximate surface area is 160 Å². The number of carbonyl (C=O) groups excluding carboxylic acids is 2. The minimum atomic E-state index is -0.411. The Bertz CT molecular complexity index is 406. The van der Waals surface area contributed by atoms with Crippen molar-refractivity contribution in [3.8, 4) is 0 Å². The van der Waals surface area contributed by atoms with Crippen LogP contribution in [-0.2, 0) is 14.3 Å². The number of rotatable bonds is 16. The lowest BCUT2D eigenvalue weighted by Gasteiger charge is -2.08. The lowest BCUT2D eigenvalue weighted by molar-refractivity contribution is -0.141. The van der Waals surface area contributed by atoms with E-state index in [1.165, 1.54) is 70.6 Å². The molecular formula is C22H39NO3. The van der Waals surface area contributed by atoms with Crippen LogP contribution in [0.25, 0.3) is 0 Å². The maximum atomic E-state index is 11.8. The first-order valence-corrected chi connectivity index (χ1v) is 10.8. The van der Waals surface area contributed by atoms with Gasteiger partial charge in [-0.25, -0.2) is 4.79 Å². The number of carbonyl (C=O) groups is 2. The second kappa shape index (κ2) is 15.9. The van der Waals surface area contributed by atoms with Crippen molar-refractivity contribution in [2.45, 2.75) is 109 Å². The number of allylic oxidation sites excluding steroid dienone is 2. The third-order valence-electron chi connectivity index (χ3n) is 4.94. The lowest BCUT2D eigenvalue weighted by atomic mass is 10.1. The Morgan fingerprint density at radius 1 is 0.962 bits per heavy atom. The van der Waals surface area contributed by atoms with Gasteiger partial charge in [0.2, 0.25) is 5.91 Å². The van der Waals surface area contributed by atoms with Crippen LogP contribution >= 0.6 is 0 Å². The van der Waals surface area contributed by atoms with Gasteiger partial charge in [-0.15, -0.1) is 0 Å². The summed E-state index contributed by atoms with van der Waals surface area (Å²) in [4.78, 5) is 23.0. The Hall–Kier alpha value is -1.32. The average molecular weight is 366 g/mol. The fraction of sp³-hybridized carbons (Fsp3) is 0.818. The van der Waals surface area contributed by atoms with Gasteiger partial charge in [-0.3, -0.25) is 4.79 Å². The normalized spacial score (nSPS) is 17.0. The number of cyclic esters (lactones) is 1. The van der Waals surface area contributed by atoms with Gasteiger partial charge >= 0.3 is 5.97 Å². The molecule has 0 spiro atoms. The van der Waals surface area contributed by atoms with E-state index in [1.807, 2.05) is 0 Å². The summed E-state index contributed by atoms with van der Waals surface area (Å²) in [6.07, 6.45) is 22.1. The summed E-state index contributed by atoms with van der Waals surface area (Å²) in [6.45, 7) is 2.69. The quantitative estimate of drug-likeness (QED) is 0.225. The van der Waals surface area contributed by atoms with Crippen LogP contribution in [0.3, 0.4) is 0 Å². The van der Waals surface area contributed by atoms with E-state index >= 15 is 0 Å². The van der Waals surface area contributed by atoms with E-state index in [-0.39, 0.29) is 11.9 Å². The summed E-state index contributed by atoms with van der Waals surface area (Å²) in [5.74, 6) is -0.311. The van der Waals surface area contributed by atoms with Crippen LogP contribution < -0.4 is 5.32 Å². The monoisotopic (exact) mass is 365 g/mol. The molecule has 1 rings (SSSR count). The maximum Gasteiger partial charge on any atom is 0.328 e. The lowest BCUT2D eigenvalue weighted by Crippen LogP contribution is -2.37. The molecule has 1 atom stereocenters. The van der Waals surface area contributed by atoms with Crippen LogP contribution in [0.1, 0.15) is 103 Å². The van der Waals surface area contributed by atoms with Gasteiger partial charge in [0.15, 0.2) is 0 Å². The average Bonchev–Trinajstić information content (AvgIpc) is 3.03. The van der Waals surface area contributed by atoms with E-state index in [0.29, 0.717) is 19.4 Å². The number of ether oxygens (including phenoxy) is 1. The van der Waals surface area contributed by atoms with Gasteiger partial charge in [0.05, 0.1) is 6.61 Å². The van der Waals surface area contributed by atoms with E-state index in [4.69, 9.17) is 4.74 Å². The smallest absolute Gasteiger partial charge is 0.328 e. The van der Waals surface area contributed by atoms with Gasteiger partial charge in [0.1, 0.15) is 6.04 Å². The first-order valence-electron chi connectivity index (χ1n) is 10.8. The molecule has 0 bridgehead atoms. The first kappa shape index (κ1) is 22.7. The summed E-state index contributed by atoms with van der Waals surface area (Å²) in [5.41, 5.74) is 0. The molecule has 0 aromatic carbocycles. The third-order valence-corrected chi connectivity index (χ3v) is 4.94. The van der Waals surface area contributed by atoms with Crippen LogP contribution in [0, 0.1) is 0 Å². The van der Waals surface area contributed by atoms with E-state index < -0.39 is 6.04 Å². The second-order valence-electron chi connectivity index (χ2n) is 7.41. The molecule has 1 saturated heterocycles. The molecule has 1 unspecified atom stereocenters. The van der Waals surface area contributed by atoms with Crippen molar-refractivity contribution in [2.75, 3.05) is 6.61 Å². The first-order chi connectivity index (χ1) is 12.7. The number of nitrogens with one attached hydrogen (secondary N) is 1. The van der Waals surface area contributed by atoms with Gasteiger partial charge in [0.25, 0.3) is 0 Å². The van der Waals surface area contributed by atoms with Crippen LogP contribution in [0.4, 0.5) is 0 Å². The van der Waals surface area contributed by atoms with Crippen molar-refractivity contribution in [3.05, 3.63) is 12.2 Å². The van der Waals surface area contributed by atoms with Crippen molar-refractivity contribution in [1.29, 1.82) is 0 Å². The van der Waals surface area contributed by atoms with Gasteiger partial charge in [-0.2, -0.15) is 0 Å². The third kappa shape index (κ3) is 12.1. The van der Waals surface area contributed by atoms with Crippen LogP contribution in [-0.4, -0.2) is 24.5 Å². The summed E-state index contributed by atoms with van der Waals surface area (Å²) >= 11 is 0. The molecule has 4 nitrogen and oxygen atoms in total. The van der Waals surface area contributed by atoms with Crippen LogP contribution in [0.15, 0.2) is 12.2 Å². The molecule has 0 aliphatic carbocycles. The van der Waals surface area contributed by atoms with Crippen molar-refractivity contribution in [1.82, 2.24) is 5.32 Å². The number of esters is 1. The highest BCUT2D eigenvalue weighted by Crippen LogP contribution is 2.11. The fourth-order valence-electron chi connectivity index (χ4n) is 3.25. The second-order valence-corrected chi connectivity index (χ2v) is 7.41. The molecule has 1 aliphatic rings. The number of hydrogen-bond acceptors (Lipinski definition) is 3. The van der Waals surface area contributed by atoms with E-state index in [2.05, 4.69) is 24.4 Å². The van der Waals surface area contributed by atoms with Gasteiger partial charge < -0.3 is 10.1 Å². The Balaban J connectivity index is 1.81. The topological polar surface area (TPSA) is 55.4 Å². The molecule has 1 amide bonds. The molecule has 0 saturated carbocycles. The van der Waals surface area contributed by atoms with Crippen molar-refractivity contribution in [2.24, 2.45) is 0 Å². The Morgan fingerprint density at radius 3 is 2.12 bits per heavy atom. The zero-order chi connectivity index (χ0) is 18.9. The molecule has 0 aromatic rings. The summed E-state index contributed by atoms with van der Waals surface area (Å²) in [5, 5.41) is 2.76. The van der Waals surface area contributed by atoms with Crippen molar-refractivity contribution < 1.29 is 14.3 Å². The van der Waals surface area contributed by atoms with Crippen LogP contribution in [0.2, 0.25) is 0 Å². The molecular weight excluding hydrogens is 326 g/mol. The highest BCUT2D eigenvalue weighted by molar-refractivity contribution is 5.85. The number of hydrogen-bond donors (Lipinski definition) is 1. The predicted octanol–water partition coefficient (Wildman–Crippen LogP) is 5.46. The number of amides is 1. The minimum absolute atomic E-state index is 0.0218. The van der Waals surface area contributed by atoms with Crippen molar-refractivity contribution in [3.63, 3.8) is 0 Å². The molecule has 1 N–H and O–H groups in total. The standard InChI is InChI=1S/C22H39NO3/c1-2-3-4-5-6-7-8-9-10-11-12-13-14-15-16-17-21(24)23-20-18-19-26-22(20)25/h9-10,20H,2-8,11-19H2,1H3,(H,23,24). The Kier molecular flexibility index (Phi) is 13.9. The highest BCUT2D eigenvalue weighted by Gasteiger charge is 2.27. The predicted molar refractivity (Wildman–Crippen MR) is 107 cm³/mol. The van der Waals surface area contributed by atoms with Crippen molar-refractivity contribution >= 4 is 11.9 Å². The molecule has 1 aliphatic heterocycles. The molecule has 150 valence electrons.